The lowest BCUT2D eigenvalue weighted by molar-refractivity contribution is 0.00988. The first-order valence-corrected chi connectivity index (χ1v) is 9.01. The first kappa shape index (κ1) is 21.9. The van der Waals surface area contributed by atoms with Crippen molar-refractivity contribution in [3.05, 3.63) is 0 Å². The second-order valence-corrected chi connectivity index (χ2v) is 6.30. The second kappa shape index (κ2) is 13.1. The Morgan fingerprint density at radius 1 is 1.25 bits per heavy atom. The molecule has 2 fully saturated rings. The fraction of sp³-hybridized carbons (Fsp3) is 0.941. The number of hydrogen-bond acceptors (Lipinski definition) is 4. The highest BCUT2D eigenvalue weighted by Gasteiger charge is 2.22. The van der Waals surface area contributed by atoms with Gasteiger partial charge in [-0.3, -0.25) is 4.99 Å². The SMILES string of the molecule is CN=C(NCCC1CCCO1)N1CCC(OCCCOC)CC1.I. The molecule has 142 valence electrons. The molecule has 1 atom stereocenters. The molecule has 2 rings (SSSR count). The molecule has 0 aromatic rings. The zero-order valence-electron chi connectivity index (χ0n) is 15.2. The average Bonchev–Trinajstić information content (AvgIpc) is 3.10. The van der Waals surface area contributed by atoms with E-state index in [-0.39, 0.29) is 24.0 Å². The van der Waals surface area contributed by atoms with Crippen LogP contribution >= 0.6 is 24.0 Å². The van der Waals surface area contributed by atoms with Crippen molar-refractivity contribution < 1.29 is 14.2 Å². The Labute approximate surface area is 163 Å². The van der Waals surface area contributed by atoms with Gasteiger partial charge in [-0.2, -0.15) is 0 Å². The van der Waals surface area contributed by atoms with Gasteiger partial charge in [-0.1, -0.05) is 0 Å². The van der Waals surface area contributed by atoms with Crippen molar-refractivity contribution >= 4 is 29.9 Å². The molecule has 0 saturated carbocycles. The van der Waals surface area contributed by atoms with Gasteiger partial charge in [0.2, 0.25) is 0 Å². The number of ether oxygens (including phenoxy) is 3. The van der Waals surface area contributed by atoms with Crippen LogP contribution in [0.25, 0.3) is 0 Å². The number of nitrogens with zero attached hydrogens (tertiary/aromatic N) is 2. The zero-order valence-corrected chi connectivity index (χ0v) is 17.5. The molecule has 0 radical (unpaired) electrons. The first-order valence-electron chi connectivity index (χ1n) is 9.01. The number of methoxy groups -OCH3 is 1. The molecule has 2 heterocycles. The van der Waals surface area contributed by atoms with E-state index < -0.39 is 0 Å². The molecule has 0 amide bonds. The Kier molecular flexibility index (Phi) is 12.0. The molecule has 0 bridgehead atoms. The predicted octanol–water partition coefficient (Wildman–Crippen LogP) is 2.27. The van der Waals surface area contributed by atoms with Crippen molar-refractivity contribution in [1.29, 1.82) is 0 Å². The number of piperidine rings is 1. The van der Waals surface area contributed by atoms with Crippen LogP contribution in [0, 0.1) is 0 Å². The van der Waals surface area contributed by atoms with E-state index >= 15 is 0 Å². The van der Waals surface area contributed by atoms with Gasteiger partial charge in [0.1, 0.15) is 0 Å². The summed E-state index contributed by atoms with van der Waals surface area (Å²) in [6.45, 7) is 5.46. The lowest BCUT2D eigenvalue weighted by Crippen LogP contribution is -2.47. The highest BCUT2D eigenvalue weighted by molar-refractivity contribution is 14.0. The van der Waals surface area contributed by atoms with Gasteiger partial charge in [-0.25, -0.2) is 0 Å². The monoisotopic (exact) mass is 455 g/mol. The minimum atomic E-state index is 0. The summed E-state index contributed by atoms with van der Waals surface area (Å²) >= 11 is 0. The molecule has 0 aromatic heterocycles. The molecule has 1 N–H and O–H groups in total. The molecule has 2 saturated heterocycles. The highest BCUT2D eigenvalue weighted by atomic mass is 127. The molecular formula is C17H34IN3O3. The number of rotatable bonds is 8. The smallest absolute Gasteiger partial charge is 0.193 e. The van der Waals surface area contributed by atoms with Crippen LogP contribution in [0.3, 0.4) is 0 Å². The van der Waals surface area contributed by atoms with E-state index in [1.54, 1.807) is 7.11 Å². The van der Waals surface area contributed by atoms with Crippen LogP contribution in [0.2, 0.25) is 0 Å². The maximum Gasteiger partial charge on any atom is 0.193 e. The summed E-state index contributed by atoms with van der Waals surface area (Å²) < 4.78 is 16.6. The minimum absolute atomic E-state index is 0. The van der Waals surface area contributed by atoms with E-state index in [0.29, 0.717) is 12.2 Å². The topological polar surface area (TPSA) is 55.3 Å². The fourth-order valence-corrected chi connectivity index (χ4v) is 3.24. The molecule has 2 aliphatic heterocycles. The highest BCUT2D eigenvalue weighted by Crippen LogP contribution is 2.16. The fourth-order valence-electron chi connectivity index (χ4n) is 3.24. The molecule has 24 heavy (non-hydrogen) atoms. The van der Waals surface area contributed by atoms with E-state index in [9.17, 15) is 0 Å². The summed E-state index contributed by atoms with van der Waals surface area (Å²) in [7, 11) is 3.59. The van der Waals surface area contributed by atoms with Gasteiger partial charge < -0.3 is 24.4 Å². The van der Waals surface area contributed by atoms with Crippen LogP contribution in [-0.4, -0.2) is 76.7 Å². The molecule has 2 aliphatic rings. The van der Waals surface area contributed by atoms with Crippen LogP contribution in [0.1, 0.15) is 38.5 Å². The summed E-state index contributed by atoms with van der Waals surface area (Å²) in [6.07, 6.45) is 7.41. The Morgan fingerprint density at radius 3 is 2.67 bits per heavy atom. The molecular weight excluding hydrogens is 421 g/mol. The number of halogens is 1. The number of nitrogens with one attached hydrogen (secondary N) is 1. The van der Waals surface area contributed by atoms with Crippen molar-refractivity contribution in [1.82, 2.24) is 10.2 Å². The molecule has 0 aliphatic carbocycles. The summed E-state index contributed by atoms with van der Waals surface area (Å²) in [6, 6.07) is 0. The van der Waals surface area contributed by atoms with Crippen LogP contribution in [0.15, 0.2) is 4.99 Å². The quantitative estimate of drug-likeness (QED) is 0.264. The van der Waals surface area contributed by atoms with Gasteiger partial charge in [0.25, 0.3) is 0 Å². The zero-order chi connectivity index (χ0) is 16.3. The second-order valence-electron chi connectivity index (χ2n) is 6.30. The Balaban J connectivity index is 0.00000288. The van der Waals surface area contributed by atoms with Crippen molar-refractivity contribution in [2.75, 3.05) is 53.6 Å². The van der Waals surface area contributed by atoms with Crippen LogP contribution in [-0.2, 0) is 14.2 Å². The standard InChI is InChI=1S/C17H33N3O3.HI/c1-18-17(19-9-6-15-5-3-13-22-15)20-10-7-16(8-11-20)23-14-4-12-21-2;/h15-16H,3-14H2,1-2H3,(H,18,19);1H. The average molecular weight is 455 g/mol. The number of likely N-dealkylation sites (tertiary alicyclic amines) is 1. The van der Waals surface area contributed by atoms with E-state index in [4.69, 9.17) is 14.2 Å². The lowest BCUT2D eigenvalue weighted by atomic mass is 10.1. The van der Waals surface area contributed by atoms with E-state index in [1.807, 2.05) is 7.05 Å². The van der Waals surface area contributed by atoms with Crippen molar-refractivity contribution in [3.63, 3.8) is 0 Å². The summed E-state index contributed by atoms with van der Waals surface area (Å²) in [4.78, 5) is 6.76. The number of aliphatic imine (C=N–C) groups is 1. The van der Waals surface area contributed by atoms with E-state index in [0.717, 1.165) is 71.1 Å². The minimum Gasteiger partial charge on any atom is -0.385 e. The van der Waals surface area contributed by atoms with Gasteiger partial charge in [0, 0.05) is 53.6 Å². The third-order valence-electron chi connectivity index (χ3n) is 4.57. The van der Waals surface area contributed by atoms with Crippen molar-refractivity contribution in [2.45, 2.75) is 50.7 Å². The van der Waals surface area contributed by atoms with Crippen LogP contribution in [0.5, 0.6) is 0 Å². The molecule has 6 nitrogen and oxygen atoms in total. The number of hydrogen-bond donors (Lipinski definition) is 1. The van der Waals surface area contributed by atoms with Gasteiger partial charge in [-0.15, -0.1) is 24.0 Å². The first-order chi connectivity index (χ1) is 11.3. The number of guanidine groups is 1. The van der Waals surface area contributed by atoms with Crippen LogP contribution in [0.4, 0.5) is 0 Å². The normalized spacial score (nSPS) is 22.5. The van der Waals surface area contributed by atoms with Gasteiger partial charge in [-0.05, 0) is 38.5 Å². The summed E-state index contributed by atoms with van der Waals surface area (Å²) in [5.41, 5.74) is 0. The van der Waals surface area contributed by atoms with Crippen LogP contribution < -0.4 is 5.32 Å². The summed E-state index contributed by atoms with van der Waals surface area (Å²) in [5, 5.41) is 3.48. The van der Waals surface area contributed by atoms with E-state index in [2.05, 4.69) is 15.2 Å². The molecule has 7 heteroatoms. The Morgan fingerprint density at radius 2 is 2.04 bits per heavy atom. The molecule has 0 spiro atoms. The van der Waals surface area contributed by atoms with Gasteiger partial charge in [0.05, 0.1) is 12.2 Å². The van der Waals surface area contributed by atoms with Crippen molar-refractivity contribution in [2.24, 2.45) is 4.99 Å². The molecule has 0 aromatic carbocycles. The Bertz CT molecular complexity index is 344. The third-order valence-corrected chi connectivity index (χ3v) is 4.57. The van der Waals surface area contributed by atoms with E-state index in [1.165, 1.54) is 12.8 Å². The molecule has 1 unspecified atom stereocenters. The maximum atomic E-state index is 5.91. The lowest BCUT2D eigenvalue weighted by Gasteiger charge is -2.34. The predicted molar refractivity (Wildman–Crippen MR) is 107 cm³/mol. The maximum absolute atomic E-state index is 5.91. The third kappa shape index (κ3) is 7.84. The summed E-state index contributed by atoms with van der Waals surface area (Å²) in [5.74, 6) is 1.01. The largest absolute Gasteiger partial charge is 0.385 e. The van der Waals surface area contributed by atoms with Crippen molar-refractivity contribution in [3.8, 4) is 0 Å². The Hall–Kier alpha value is -0.120. The van der Waals surface area contributed by atoms with Gasteiger partial charge in [0.15, 0.2) is 5.96 Å². The van der Waals surface area contributed by atoms with Gasteiger partial charge >= 0.3 is 0 Å².